The molecule has 0 aliphatic rings. The Hall–Kier alpha value is -0.850. The highest BCUT2D eigenvalue weighted by Gasteiger charge is 1.97. The summed E-state index contributed by atoms with van der Waals surface area (Å²) >= 11 is 0. The van der Waals surface area contributed by atoms with E-state index < -0.39 is 0 Å². The predicted molar refractivity (Wildman–Crippen MR) is 89.5 cm³/mol. The second-order valence-electron chi connectivity index (χ2n) is 4.78. The monoisotopic (exact) mass is 379 g/mol. The Labute approximate surface area is 131 Å². The molecule has 0 radical (unpaired) electrons. The lowest BCUT2D eigenvalue weighted by atomic mass is 10.1. The van der Waals surface area contributed by atoms with E-state index in [-0.39, 0.29) is 29.8 Å². The molecule has 108 valence electrons. The lowest BCUT2D eigenvalue weighted by Crippen LogP contribution is -2.33. The fourth-order valence-corrected chi connectivity index (χ4v) is 1.54. The van der Waals surface area contributed by atoms with Gasteiger partial charge >= 0.3 is 0 Å². The van der Waals surface area contributed by atoms with Crippen LogP contribution in [0.25, 0.3) is 0 Å². The largest absolute Gasteiger partial charge is 0.370 e. The summed E-state index contributed by atoms with van der Waals surface area (Å²) in [5.74, 6) is 0.819. The molecule has 1 rings (SSSR count). The number of aryl methyl sites for hydroxylation is 1. The Morgan fingerprint density at radius 3 is 2.79 bits per heavy atom. The van der Waals surface area contributed by atoms with Gasteiger partial charge in [0.15, 0.2) is 5.96 Å². The summed E-state index contributed by atoms with van der Waals surface area (Å²) < 4.78 is 12.9. The molecule has 0 atom stereocenters. The third-order valence-electron chi connectivity index (χ3n) is 2.46. The summed E-state index contributed by atoms with van der Waals surface area (Å²) in [6, 6.07) is 6.68. The van der Waals surface area contributed by atoms with E-state index in [1.807, 2.05) is 6.07 Å². The van der Waals surface area contributed by atoms with Crippen molar-refractivity contribution in [2.45, 2.75) is 26.7 Å². The highest BCUT2D eigenvalue weighted by atomic mass is 127. The minimum atomic E-state index is -0.182. The van der Waals surface area contributed by atoms with Gasteiger partial charge in [0.25, 0.3) is 0 Å². The van der Waals surface area contributed by atoms with Crippen LogP contribution in [0.5, 0.6) is 0 Å². The van der Waals surface area contributed by atoms with Crippen molar-refractivity contribution in [3.05, 3.63) is 35.6 Å². The van der Waals surface area contributed by atoms with Crippen molar-refractivity contribution in [3.63, 3.8) is 0 Å². The molecular formula is C14H23FIN3. The van der Waals surface area contributed by atoms with Gasteiger partial charge < -0.3 is 11.1 Å². The molecule has 0 heterocycles. The number of hydrogen-bond donors (Lipinski definition) is 2. The molecule has 0 spiro atoms. The first-order chi connectivity index (χ1) is 8.58. The quantitative estimate of drug-likeness (QED) is 0.346. The van der Waals surface area contributed by atoms with Crippen molar-refractivity contribution in [3.8, 4) is 0 Å². The second-order valence-corrected chi connectivity index (χ2v) is 4.78. The summed E-state index contributed by atoms with van der Waals surface area (Å²) in [7, 11) is 0. The molecule has 0 saturated carbocycles. The number of nitrogens with one attached hydrogen (secondary N) is 1. The summed E-state index contributed by atoms with van der Waals surface area (Å²) in [5.41, 5.74) is 6.71. The van der Waals surface area contributed by atoms with E-state index >= 15 is 0 Å². The fourth-order valence-electron chi connectivity index (χ4n) is 1.54. The highest BCUT2D eigenvalue weighted by molar-refractivity contribution is 14.0. The summed E-state index contributed by atoms with van der Waals surface area (Å²) in [4.78, 5) is 4.21. The zero-order chi connectivity index (χ0) is 13.4. The number of hydrogen-bond acceptors (Lipinski definition) is 1. The Morgan fingerprint density at radius 2 is 2.16 bits per heavy atom. The van der Waals surface area contributed by atoms with Crippen LogP contribution in [0, 0.1) is 11.7 Å². The van der Waals surface area contributed by atoms with Gasteiger partial charge in [-0.2, -0.15) is 0 Å². The molecule has 0 saturated heterocycles. The molecule has 5 heteroatoms. The van der Waals surface area contributed by atoms with Gasteiger partial charge in [-0.05, 0) is 36.5 Å². The van der Waals surface area contributed by atoms with Crippen LogP contribution >= 0.6 is 24.0 Å². The maximum absolute atomic E-state index is 12.9. The normalized spacial score (nSPS) is 11.3. The zero-order valence-electron chi connectivity index (χ0n) is 11.5. The number of aliphatic imine (C=N–C) groups is 1. The topological polar surface area (TPSA) is 50.4 Å². The molecule has 3 N–H and O–H groups in total. The summed E-state index contributed by atoms with van der Waals surface area (Å²) in [5, 5.41) is 3.06. The molecule has 0 fully saturated rings. The Balaban J connectivity index is 0.00000324. The summed E-state index contributed by atoms with van der Waals surface area (Å²) in [6.45, 7) is 5.69. The van der Waals surface area contributed by atoms with Gasteiger partial charge in [0.1, 0.15) is 5.82 Å². The maximum Gasteiger partial charge on any atom is 0.188 e. The molecule has 1 aromatic carbocycles. The van der Waals surface area contributed by atoms with E-state index in [4.69, 9.17) is 5.73 Å². The van der Waals surface area contributed by atoms with Gasteiger partial charge in [-0.1, -0.05) is 26.0 Å². The van der Waals surface area contributed by atoms with Gasteiger partial charge in [-0.3, -0.25) is 4.99 Å². The van der Waals surface area contributed by atoms with E-state index in [0.29, 0.717) is 11.9 Å². The van der Waals surface area contributed by atoms with E-state index in [9.17, 15) is 4.39 Å². The number of nitrogens with two attached hydrogens (primary N) is 1. The first kappa shape index (κ1) is 18.1. The lowest BCUT2D eigenvalue weighted by molar-refractivity contribution is 0.624. The van der Waals surface area contributed by atoms with Gasteiger partial charge in [-0.25, -0.2) is 4.39 Å². The minimum absolute atomic E-state index is 0. The van der Waals surface area contributed by atoms with E-state index in [1.165, 1.54) is 6.07 Å². The van der Waals surface area contributed by atoms with E-state index in [2.05, 4.69) is 24.2 Å². The smallest absolute Gasteiger partial charge is 0.188 e. The first-order valence-electron chi connectivity index (χ1n) is 6.36. The van der Waals surface area contributed by atoms with Crippen LogP contribution in [0.15, 0.2) is 29.3 Å². The van der Waals surface area contributed by atoms with Crippen molar-refractivity contribution in [2.24, 2.45) is 16.6 Å². The Bertz CT molecular complexity index is 394. The maximum atomic E-state index is 12.9. The number of rotatable bonds is 6. The molecule has 0 aliphatic heterocycles. The van der Waals surface area contributed by atoms with E-state index in [0.717, 1.165) is 31.5 Å². The molecule has 0 aliphatic carbocycles. The predicted octanol–water partition coefficient (Wildman–Crippen LogP) is 2.94. The van der Waals surface area contributed by atoms with Crippen molar-refractivity contribution in [2.75, 3.05) is 13.1 Å². The van der Waals surface area contributed by atoms with Gasteiger partial charge in [-0.15, -0.1) is 24.0 Å². The average molecular weight is 379 g/mol. The second kappa shape index (κ2) is 10.00. The Morgan fingerprint density at radius 1 is 1.42 bits per heavy atom. The van der Waals surface area contributed by atoms with Crippen LogP contribution in [0.2, 0.25) is 0 Å². The van der Waals surface area contributed by atoms with Crippen molar-refractivity contribution in [1.29, 1.82) is 0 Å². The lowest BCUT2D eigenvalue weighted by Gasteiger charge is -2.06. The molecule has 0 bridgehead atoms. The molecule has 19 heavy (non-hydrogen) atoms. The zero-order valence-corrected chi connectivity index (χ0v) is 13.9. The summed E-state index contributed by atoms with van der Waals surface area (Å²) in [6.07, 6.45) is 1.74. The number of nitrogens with zero attached hydrogens (tertiary/aromatic N) is 1. The van der Waals surface area contributed by atoms with Gasteiger partial charge in [0.2, 0.25) is 0 Å². The number of benzene rings is 1. The molecule has 0 amide bonds. The van der Waals surface area contributed by atoms with Gasteiger partial charge in [0.05, 0.1) is 0 Å². The average Bonchev–Trinajstić information content (AvgIpc) is 2.32. The first-order valence-corrected chi connectivity index (χ1v) is 6.36. The minimum Gasteiger partial charge on any atom is -0.370 e. The molecular weight excluding hydrogens is 356 g/mol. The fraction of sp³-hybridized carbons (Fsp3) is 0.500. The molecule has 0 unspecified atom stereocenters. The van der Waals surface area contributed by atoms with Crippen LogP contribution < -0.4 is 11.1 Å². The highest BCUT2D eigenvalue weighted by Crippen LogP contribution is 2.05. The van der Waals surface area contributed by atoms with E-state index in [1.54, 1.807) is 12.1 Å². The van der Waals surface area contributed by atoms with Crippen molar-refractivity contribution >= 4 is 29.9 Å². The number of guanidine groups is 1. The third-order valence-corrected chi connectivity index (χ3v) is 2.46. The van der Waals surface area contributed by atoms with Crippen molar-refractivity contribution < 1.29 is 4.39 Å². The van der Waals surface area contributed by atoms with Crippen LogP contribution in [-0.2, 0) is 6.42 Å². The molecule has 1 aromatic rings. The van der Waals surface area contributed by atoms with Crippen LogP contribution in [-0.4, -0.2) is 19.0 Å². The standard InChI is InChI=1S/C14H22FN3.HI/c1-11(2)10-18-14(16)17-8-4-6-12-5-3-7-13(15)9-12;/h3,5,7,9,11H,4,6,8,10H2,1-2H3,(H3,16,17,18);1H. The van der Waals surface area contributed by atoms with Crippen LogP contribution in [0.1, 0.15) is 25.8 Å². The van der Waals surface area contributed by atoms with Gasteiger partial charge in [0, 0.05) is 13.1 Å². The van der Waals surface area contributed by atoms with Crippen LogP contribution in [0.4, 0.5) is 4.39 Å². The van der Waals surface area contributed by atoms with Crippen molar-refractivity contribution in [1.82, 2.24) is 5.32 Å². The van der Waals surface area contributed by atoms with Crippen LogP contribution in [0.3, 0.4) is 0 Å². The third kappa shape index (κ3) is 8.80. The molecule has 3 nitrogen and oxygen atoms in total. The Kier molecular flexibility index (Phi) is 9.55. The number of halogens is 2. The SMILES string of the molecule is CC(C)CN=C(N)NCCCc1cccc(F)c1.I. The molecule has 0 aromatic heterocycles.